The normalized spacial score (nSPS) is 15.3. The van der Waals surface area contributed by atoms with E-state index in [1.165, 1.54) is 12.1 Å². The SMILES string of the molecule is CN1CCN(C(=O)c2ccc(NCc3ccc(F)cc3)nn2)CC1. The highest BCUT2D eigenvalue weighted by Gasteiger charge is 2.21. The smallest absolute Gasteiger partial charge is 0.274 e. The number of nitrogens with one attached hydrogen (secondary N) is 1. The van der Waals surface area contributed by atoms with Gasteiger partial charge in [-0.2, -0.15) is 0 Å². The molecule has 1 aliphatic heterocycles. The van der Waals surface area contributed by atoms with Crippen LogP contribution in [-0.4, -0.2) is 59.1 Å². The number of carbonyl (C=O) groups excluding carboxylic acids is 1. The fourth-order valence-corrected chi connectivity index (χ4v) is 2.51. The summed E-state index contributed by atoms with van der Waals surface area (Å²) in [6.07, 6.45) is 0. The van der Waals surface area contributed by atoms with Crippen LogP contribution in [0.2, 0.25) is 0 Å². The Labute approximate surface area is 140 Å². The summed E-state index contributed by atoms with van der Waals surface area (Å²) in [5, 5.41) is 11.2. The first kappa shape index (κ1) is 16.3. The first-order valence-corrected chi connectivity index (χ1v) is 7.92. The molecule has 6 nitrogen and oxygen atoms in total. The molecule has 1 aromatic heterocycles. The lowest BCUT2D eigenvalue weighted by Gasteiger charge is -2.32. The van der Waals surface area contributed by atoms with Crippen molar-refractivity contribution in [3.63, 3.8) is 0 Å². The Balaban J connectivity index is 1.56. The zero-order chi connectivity index (χ0) is 16.9. The number of amides is 1. The van der Waals surface area contributed by atoms with Gasteiger partial charge in [0.05, 0.1) is 0 Å². The van der Waals surface area contributed by atoms with Gasteiger partial charge in [0.1, 0.15) is 11.6 Å². The van der Waals surface area contributed by atoms with Gasteiger partial charge in [0.2, 0.25) is 0 Å². The summed E-state index contributed by atoms with van der Waals surface area (Å²) in [5.41, 5.74) is 1.29. The highest BCUT2D eigenvalue weighted by molar-refractivity contribution is 5.92. The molecule has 0 aliphatic carbocycles. The average molecular weight is 329 g/mol. The van der Waals surface area contributed by atoms with E-state index in [9.17, 15) is 9.18 Å². The average Bonchev–Trinajstić information content (AvgIpc) is 2.62. The van der Waals surface area contributed by atoms with Crippen molar-refractivity contribution in [1.29, 1.82) is 0 Å². The maximum Gasteiger partial charge on any atom is 0.274 e. The van der Waals surface area contributed by atoms with Crippen molar-refractivity contribution in [2.24, 2.45) is 0 Å². The highest BCUT2D eigenvalue weighted by atomic mass is 19.1. The lowest BCUT2D eigenvalue weighted by Crippen LogP contribution is -2.47. The number of rotatable bonds is 4. The topological polar surface area (TPSA) is 61.4 Å². The van der Waals surface area contributed by atoms with Crippen LogP contribution in [0.15, 0.2) is 36.4 Å². The van der Waals surface area contributed by atoms with E-state index >= 15 is 0 Å². The van der Waals surface area contributed by atoms with E-state index in [-0.39, 0.29) is 11.7 Å². The largest absolute Gasteiger partial charge is 0.365 e. The summed E-state index contributed by atoms with van der Waals surface area (Å²) in [6.45, 7) is 3.68. The zero-order valence-electron chi connectivity index (χ0n) is 13.6. The van der Waals surface area contributed by atoms with Gasteiger partial charge in [-0.05, 0) is 36.9 Å². The van der Waals surface area contributed by atoms with Gasteiger partial charge in [-0.3, -0.25) is 4.79 Å². The number of carbonyl (C=O) groups is 1. The first-order valence-electron chi connectivity index (χ1n) is 7.92. The van der Waals surface area contributed by atoms with Gasteiger partial charge >= 0.3 is 0 Å². The van der Waals surface area contributed by atoms with Crippen LogP contribution in [0.4, 0.5) is 10.2 Å². The number of aromatic nitrogens is 2. The van der Waals surface area contributed by atoms with E-state index in [2.05, 4.69) is 20.4 Å². The van der Waals surface area contributed by atoms with E-state index in [0.717, 1.165) is 18.7 Å². The molecule has 1 N–H and O–H groups in total. The molecule has 3 rings (SSSR count). The van der Waals surface area contributed by atoms with Crippen LogP contribution in [0.5, 0.6) is 0 Å². The van der Waals surface area contributed by atoms with Crippen LogP contribution in [0, 0.1) is 5.82 Å². The molecule has 0 radical (unpaired) electrons. The molecule has 0 spiro atoms. The lowest BCUT2D eigenvalue weighted by molar-refractivity contribution is 0.0657. The van der Waals surface area contributed by atoms with Gasteiger partial charge in [0.15, 0.2) is 5.69 Å². The zero-order valence-corrected chi connectivity index (χ0v) is 13.6. The van der Waals surface area contributed by atoms with E-state index in [1.807, 2.05) is 7.05 Å². The highest BCUT2D eigenvalue weighted by Crippen LogP contribution is 2.09. The monoisotopic (exact) mass is 329 g/mol. The Morgan fingerprint density at radius 2 is 1.79 bits per heavy atom. The van der Waals surface area contributed by atoms with Gasteiger partial charge in [0, 0.05) is 32.7 Å². The van der Waals surface area contributed by atoms with E-state index in [1.54, 1.807) is 29.2 Å². The van der Waals surface area contributed by atoms with Gasteiger partial charge in [-0.15, -0.1) is 10.2 Å². The van der Waals surface area contributed by atoms with Crippen molar-refractivity contribution < 1.29 is 9.18 Å². The second-order valence-corrected chi connectivity index (χ2v) is 5.88. The molecule has 0 atom stereocenters. The van der Waals surface area contributed by atoms with E-state index in [4.69, 9.17) is 0 Å². The number of hydrogen-bond acceptors (Lipinski definition) is 5. The summed E-state index contributed by atoms with van der Waals surface area (Å²) < 4.78 is 12.9. The van der Waals surface area contributed by atoms with Crippen LogP contribution in [0.1, 0.15) is 16.1 Å². The molecule has 1 aliphatic rings. The van der Waals surface area contributed by atoms with Gasteiger partial charge in [-0.25, -0.2) is 4.39 Å². The van der Waals surface area contributed by atoms with Crippen LogP contribution in [0.3, 0.4) is 0 Å². The minimum atomic E-state index is -0.259. The minimum absolute atomic E-state index is 0.0827. The molecule has 2 heterocycles. The van der Waals surface area contributed by atoms with Gasteiger partial charge in [0.25, 0.3) is 5.91 Å². The molecule has 1 saturated heterocycles. The van der Waals surface area contributed by atoms with Crippen molar-refractivity contribution in [2.75, 3.05) is 38.5 Å². The Hall–Kier alpha value is -2.54. The third kappa shape index (κ3) is 4.05. The Bertz CT molecular complexity index is 681. The minimum Gasteiger partial charge on any atom is -0.365 e. The first-order chi connectivity index (χ1) is 11.6. The quantitative estimate of drug-likeness (QED) is 0.923. The molecule has 24 heavy (non-hydrogen) atoms. The van der Waals surface area contributed by atoms with Crippen molar-refractivity contribution in [2.45, 2.75) is 6.54 Å². The predicted molar refractivity (Wildman–Crippen MR) is 89.2 cm³/mol. The number of nitrogens with zero attached hydrogens (tertiary/aromatic N) is 4. The molecule has 0 saturated carbocycles. The van der Waals surface area contributed by atoms with Crippen LogP contribution >= 0.6 is 0 Å². The van der Waals surface area contributed by atoms with Crippen molar-refractivity contribution in [1.82, 2.24) is 20.0 Å². The van der Waals surface area contributed by atoms with E-state index < -0.39 is 0 Å². The number of piperazine rings is 1. The molecule has 0 unspecified atom stereocenters. The standard InChI is InChI=1S/C17H20FN5O/c1-22-8-10-23(11-9-22)17(24)15-6-7-16(21-20-15)19-12-13-2-4-14(18)5-3-13/h2-7H,8-12H2,1H3,(H,19,21). The fourth-order valence-electron chi connectivity index (χ4n) is 2.51. The predicted octanol–water partition coefficient (Wildman–Crippen LogP) is 1.62. The summed E-state index contributed by atoms with van der Waals surface area (Å²) in [5.74, 6) is 0.236. The Morgan fingerprint density at radius 1 is 1.08 bits per heavy atom. The van der Waals surface area contributed by atoms with Crippen LogP contribution in [0.25, 0.3) is 0 Å². The number of hydrogen-bond donors (Lipinski definition) is 1. The third-order valence-electron chi connectivity index (χ3n) is 4.06. The number of likely N-dealkylation sites (N-methyl/N-ethyl adjacent to an activating group) is 1. The Kier molecular flexibility index (Phi) is 5.00. The second-order valence-electron chi connectivity index (χ2n) is 5.88. The molecule has 1 fully saturated rings. The maximum atomic E-state index is 12.9. The molecule has 0 bridgehead atoms. The van der Waals surface area contributed by atoms with Crippen molar-refractivity contribution >= 4 is 11.7 Å². The molecule has 2 aromatic rings. The number of halogens is 1. The number of benzene rings is 1. The molecular weight excluding hydrogens is 309 g/mol. The van der Waals surface area contributed by atoms with Gasteiger partial charge in [-0.1, -0.05) is 12.1 Å². The maximum absolute atomic E-state index is 12.9. The Morgan fingerprint density at radius 3 is 2.42 bits per heavy atom. The van der Waals surface area contributed by atoms with Gasteiger partial charge < -0.3 is 15.1 Å². The summed E-state index contributed by atoms with van der Waals surface area (Å²) in [4.78, 5) is 16.4. The summed E-state index contributed by atoms with van der Waals surface area (Å²) in [7, 11) is 2.04. The van der Waals surface area contributed by atoms with Crippen molar-refractivity contribution in [3.8, 4) is 0 Å². The molecule has 1 amide bonds. The molecule has 1 aromatic carbocycles. The third-order valence-corrected chi connectivity index (χ3v) is 4.06. The molecule has 7 heteroatoms. The summed E-state index contributed by atoms with van der Waals surface area (Å²) in [6, 6.07) is 9.67. The second kappa shape index (κ2) is 7.35. The molecular formula is C17H20FN5O. The van der Waals surface area contributed by atoms with Crippen LogP contribution in [-0.2, 0) is 6.54 Å². The number of anilines is 1. The molecule has 126 valence electrons. The van der Waals surface area contributed by atoms with Crippen molar-refractivity contribution in [3.05, 3.63) is 53.5 Å². The van der Waals surface area contributed by atoms with Crippen LogP contribution < -0.4 is 5.32 Å². The fraction of sp³-hybridized carbons (Fsp3) is 0.353. The lowest BCUT2D eigenvalue weighted by atomic mass is 10.2. The summed E-state index contributed by atoms with van der Waals surface area (Å²) >= 11 is 0. The van der Waals surface area contributed by atoms with E-state index in [0.29, 0.717) is 31.1 Å².